The van der Waals surface area contributed by atoms with Crippen LogP contribution in [-0.4, -0.2) is 55.0 Å². The summed E-state index contributed by atoms with van der Waals surface area (Å²) in [6.07, 6.45) is 4.58. The van der Waals surface area contributed by atoms with Crippen molar-refractivity contribution in [2.75, 3.05) is 33.2 Å². The summed E-state index contributed by atoms with van der Waals surface area (Å²) >= 11 is 1.69. The number of carbonyl (C=O) groups is 1. The van der Waals surface area contributed by atoms with Crippen LogP contribution in [0.2, 0.25) is 0 Å². The van der Waals surface area contributed by atoms with Crippen LogP contribution < -0.4 is 5.32 Å². The molecule has 4 nitrogen and oxygen atoms in total. The molecule has 0 radical (unpaired) electrons. The van der Waals surface area contributed by atoms with Gasteiger partial charge in [0.25, 0.3) is 0 Å². The van der Waals surface area contributed by atoms with Crippen LogP contribution in [0.5, 0.6) is 0 Å². The molecule has 3 heterocycles. The number of nitrogens with zero attached hydrogens (tertiary/aromatic N) is 2. The van der Waals surface area contributed by atoms with E-state index in [1.165, 1.54) is 31.5 Å². The van der Waals surface area contributed by atoms with Gasteiger partial charge in [0.15, 0.2) is 0 Å². The van der Waals surface area contributed by atoms with Gasteiger partial charge in [0.1, 0.15) is 0 Å². The number of rotatable bonds is 4. The van der Waals surface area contributed by atoms with Crippen molar-refractivity contribution in [2.24, 2.45) is 5.92 Å². The molecule has 5 heteroatoms. The molecule has 128 valence electrons. The lowest BCUT2D eigenvalue weighted by molar-refractivity contribution is -0.127. The Kier molecular flexibility index (Phi) is 5.72. The SMILES string of the molecule is C[C@H](NC(=O)C1CCN(C2CCN(C)CC2)CC1)c1ccsc1. The highest BCUT2D eigenvalue weighted by atomic mass is 32.1. The van der Waals surface area contributed by atoms with Gasteiger partial charge in [-0.25, -0.2) is 0 Å². The lowest BCUT2D eigenvalue weighted by atomic mass is 9.92. The van der Waals surface area contributed by atoms with E-state index < -0.39 is 0 Å². The van der Waals surface area contributed by atoms with E-state index in [0.29, 0.717) is 0 Å². The Morgan fingerprint density at radius 1 is 1.22 bits per heavy atom. The summed E-state index contributed by atoms with van der Waals surface area (Å²) in [4.78, 5) is 17.5. The van der Waals surface area contributed by atoms with Crippen LogP contribution in [0.15, 0.2) is 16.8 Å². The van der Waals surface area contributed by atoms with Gasteiger partial charge in [-0.15, -0.1) is 0 Å². The molecular weight excluding hydrogens is 306 g/mol. The van der Waals surface area contributed by atoms with Crippen molar-refractivity contribution in [2.45, 2.75) is 44.7 Å². The maximum absolute atomic E-state index is 12.5. The number of piperidine rings is 2. The Hall–Kier alpha value is -0.910. The third-order valence-electron chi connectivity index (χ3n) is 5.51. The highest BCUT2D eigenvalue weighted by molar-refractivity contribution is 7.07. The summed E-state index contributed by atoms with van der Waals surface area (Å²) in [6, 6.07) is 2.96. The topological polar surface area (TPSA) is 35.6 Å². The molecule has 2 saturated heterocycles. The molecule has 0 unspecified atom stereocenters. The van der Waals surface area contributed by atoms with Crippen molar-refractivity contribution in [1.29, 1.82) is 0 Å². The second kappa shape index (κ2) is 7.77. The summed E-state index contributed by atoms with van der Waals surface area (Å²) in [5.41, 5.74) is 1.21. The Morgan fingerprint density at radius 2 is 1.91 bits per heavy atom. The second-order valence-electron chi connectivity index (χ2n) is 7.13. The van der Waals surface area contributed by atoms with E-state index in [-0.39, 0.29) is 17.9 Å². The zero-order chi connectivity index (χ0) is 16.2. The lowest BCUT2D eigenvalue weighted by Crippen LogP contribution is -2.48. The minimum Gasteiger partial charge on any atom is -0.349 e. The predicted molar refractivity (Wildman–Crippen MR) is 95.7 cm³/mol. The van der Waals surface area contributed by atoms with E-state index in [1.54, 1.807) is 11.3 Å². The Balaban J connectivity index is 1.44. The predicted octanol–water partition coefficient (Wildman–Crippen LogP) is 2.73. The molecule has 2 aliphatic rings. The number of hydrogen-bond donors (Lipinski definition) is 1. The molecular formula is C18H29N3OS. The van der Waals surface area contributed by atoms with Crippen LogP contribution in [0.3, 0.4) is 0 Å². The highest BCUT2D eigenvalue weighted by Gasteiger charge is 2.30. The van der Waals surface area contributed by atoms with E-state index in [4.69, 9.17) is 0 Å². The number of thiophene rings is 1. The molecule has 1 aromatic heterocycles. The number of nitrogens with one attached hydrogen (secondary N) is 1. The van der Waals surface area contributed by atoms with E-state index in [2.05, 4.69) is 45.9 Å². The largest absolute Gasteiger partial charge is 0.349 e. The zero-order valence-electron chi connectivity index (χ0n) is 14.3. The van der Waals surface area contributed by atoms with E-state index in [9.17, 15) is 4.79 Å². The molecule has 1 aromatic rings. The van der Waals surface area contributed by atoms with Gasteiger partial charge < -0.3 is 15.1 Å². The Morgan fingerprint density at radius 3 is 2.52 bits per heavy atom. The quantitative estimate of drug-likeness (QED) is 0.919. The summed E-state index contributed by atoms with van der Waals surface area (Å²) in [5.74, 6) is 0.435. The summed E-state index contributed by atoms with van der Waals surface area (Å²) < 4.78 is 0. The number of amides is 1. The molecule has 0 bridgehead atoms. The van der Waals surface area contributed by atoms with Crippen molar-refractivity contribution in [1.82, 2.24) is 15.1 Å². The van der Waals surface area contributed by atoms with Crippen molar-refractivity contribution in [3.05, 3.63) is 22.4 Å². The molecule has 0 aromatic carbocycles. The van der Waals surface area contributed by atoms with Gasteiger partial charge in [0.2, 0.25) is 5.91 Å². The van der Waals surface area contributed by atoms with Crippen molar-refractivity contribution < 1.29 is 4.79 Å². The third kappa shape index (κ3) is 4.34. The normalized spacial score (nSPS) is 23.7. The average molecular weight is 336 g/mol. The van der Waals surface area contributed by atoms with Crippen LogP contribution in [0.4, 0.5) is 0 Å². The summed E-state index contributed by atoms with van der Waals surface area (Å²) in [6.45, 7) is 6.67. The van der Waals surface area contributed by atoms with Gasteiger partial charge in [-0.1, -0.05) is 0 Å². The van der Waals surface area contributed by atoms with Gasteiger partial charge in [-0.3, -0.25) is 4.79 Å². The number of likely N-dealkylation sites (tertiary alicyclic amines) is 2. The minimum atomic E-state index is 0.126. The molecule has 1 amide bonds. The molecule has 0 saturated carbocycles. The van der Waals surface area contributed by atoms with Crippen LogP contribution >= 0.6 is 11.3 Å². The fraction of sp³-hybridized carbons (Fsp3) is 0.722. The highest BCUT2D eigenvalue weighted by Crippen LogP contribution is 2.24. The van der Waals surface area contributed by atoms with Crippen LogP contribution in [-0.2, 0) is 4.79 Å². The molecule has 1 atom stereocenters. The van der Waals surface area contributed by atoms with E-state index in [1.807, 2.05) is 0 Å². The van der Waals surface area contributed by atoms with Crippen molar-refractivity contribution in [3.63, 3.8) is 0 Å². The average Bonchev–Trinajstić information content (AvgIpc) is 3.10. The first-order chi connectivity index (χ1) is 11.1. The van der Waals surface area contributed by atoms with E-state index in [0.717, 1.165) is 32.0 Å². The fourth-order valence-electron chi connectivity index (χ4n) is 3.82. The minimum absolute atomic E-state index is 0.126. The first-order valence-electron chi connectivity index (χ1n) is 8.88. The summed E-state index contributed by atoms with van der Waals surface area (Å²) in [5, 5.41) is 7.38. The van der Waals surface area contributed by atoms with Crippen LogP contribution in [0.25, 0.3) is 0 Å². The lowest BCUT2D eigenvalue weighted by Gasteiger charge is -2.40. The Labute approximate surface area is 143 Å². The first kappa shape index (κ1) is 16.9. The number of hydrogen-bond acceptors (Lipinski definition) is 4. The molecule has 0 aliphatic carbocycles. The zero-order valence-corrected chi connectivity index (χ0v) is 15.1. The maximum Gasteiger partial charge on any atom is 0.223 e. The smallest absolute Gasteiger partial charge is 0.223 e. The van der Waals surface area contributed by atoms with E-state index >= 15 is 0 Å². The second-order valence-corrected chi connectivity index (χ2v) is 7.91. The maximum atomic E-state index is 12.5. The van der Waals surface area contributed by atoms with Crippen LogP contribution in [0, 0.1) is 5.92 Å². The van der Waals surface area contributed by atoms with Gasteiger partial charge in [0.05, 0.1) is 6.04 Å². The van der Waals surface area contributed by atoms with Gasteiger partial charge in [-0.2, -0.15) is 11.3 Å². The Bertz CT molecular complexity index is 488. The molecule has 3 rings (SSSR count). The van der Waals surface area contributed by atoms with Gasteiger partial charge in [0, 0.05) is 12.0 Å². The molecule has 2 aliphatic heterocycles. The molecule has 23 heavy (non-hydrogen) atoms. The molecule has 2 fully saturated rings. The summed E-state index contributed by atoms with van der Waals surface area (Å²) in [7, 11) is 2.21. The molecule has 0 spiro atoms. The van der Waals surface area contributed by atoms with Gasteiger partial charge in [-0.05, 0) is 88.2 Å². The van der Waals surface area contributed by atoms with Gasteiger partial charge >= 0.3 is 0 Å². The van der Waals surface area contributed by atoms with Crippen LogP contribution in [0.1, 0.15) is 44.2 Å². The van der Waals surface area contributed by atoms with Crippen molar-refractivity contribution >= 4 is 17.2 Å². The first-order valence-corrected chi connectivity index (χ1v) is 9.83. The monoisotopic (exact) mass is 335 g/mol. The molecule has 1 N–H and O–H groups in total. The fourth-order valence-corrected chi connectivity index (χ4v) is 4.58. The third-order valence-corrected chi connectivity index (χ3v) is 6.21. The van der Waals surface area contributed by atoms with Crippen molar-refractivity contribution in [3.8, 4) is 0 Å². The standard InChI is InChI=1S/C18H29N3OS/c1-14(16-7-12-23-13-16)19-18(22)15-3-10-21(11-4-15)17-5-8-20(2)9-6-17/h7,12-15,17H,3-6,8-11H2,1-2H3,(H,19,22)/t14-/m0/s1. The number of carbonyl (C=O) groups excluding carboxylic acids is 1.